The molecule has 130 valence electrons. The van der Waals surface area contributed by atoms with Crippen molar-refractivity contribution in [3.63, 3.8) is 0 Å². The number of carbonyl (C=O) groups is 1. The summed E-state index contributed by atoms with van der Waals surface area (Å²) >= 11 is 1.60. The van der Waals surface area contributed by atoms with Gasteiger partial charge in [0.05, 0.1) is 22.9 Å². The molecule has 25 heavy (non-hydrogen) atoms. The Balaban J connectivity index is 1.66. The Kier molecular flexibility index (Phi) is 5.60. The molecule has 3 aromatic rings. The first-order chi connectivity index (χ1) is 12.1. The van der Waals surface area contributed by atoms with Gasteiger partial charge in [-0.25, -0.2) is 9.37 Å². The zero-order chi connectivity index (χ0) is 17.6. The number of hydrogen-bond acceptors (Lipinski definition) is 4. The van der Waals surface area contributed by atoms with Gasteiger partial charge in [0, 0.05) is 24.8 Å². The number of amides is 1. The van der Waals surface area contributed by atoms with Crippen LogP contribution in [0.2, 0.25) is 0 Å². The molecule has 6 heteroatoms. The number of aryl methyl sites for hydroxylation is 1. The second-order valence-corrected chi connectivity index (χ2v) is 6.85. The fourth-order valence-electron chi connectivity index (χ4n) is 2.65. The van der Waals surface area contributed by atoms with E-state index in [4.69, 9.17) is 4.42 Å². The van der Waals surface area contributed by atoms with E-state index in [0.717, 1.165) is 22.0 Å². The number of thiazole rings is 1. The number of aromatic nitrogens is 1. The van der Waals surface area contributed by atoms with E-state index in [2.05, 4.69) is 10.3 Å². The molecule has 0 spiro atoms. The van der Waals surface area contributed by atoms with E-state index in [0.29, 0.717) is 19.4 Å². The molecule has 0 aliphatic carbocycles. The maximum absolute atomic E-state index is 13.2. The van der Waals surface area contributed by atoms with Gasteiger partial charge in [-0.2, -0.15) is 0 Å². The summed E-state index contributed by atoms with van der Waals surface area (Å²) in [5.74, 6) is -0.127. The van der Waals surface area contributed by atoms with Crippen LogP contribution in [0, 0.1) is 12.7 Å². The highest BCUT2D eigenvalue weighted by Gasteiger charge is 2.22. The number of nitrogens with zero attached hydrogens (tertiary/aromatic N) is 1. The zero-order valence-corrected chi connectivity index (χ0v) is 14.7. The molecule has 1 amide bonds. The van der Waals surface area contributed by atoms with Crippen LogP contribution in [-0.2, 0) is 17.6 Å². The second kappa shape index (κ2) is 8.07. The predicted octanol–water partition coefficient (Wildman–Crippen LogP) is 3.87. The molecular formula is C19H19FN2O2S. The van der Waals surface area contributed by atoms with Gasteiger partial charge < -0.3 is 9.73 Å². The number of carbonyl (C=O) groups excluding carboxylic acids is 1. The maximum atomic E-state index is 13.2. The molecule has 0 bridgehead atoms. The van der Waals surface area contributed by atoms with Crippen molar-refractivity contribution in [3.05, 3.63) is 75.9 Å². The van der Waals surface area contributed by atoms with Gasteiger partial charge in [0.15, 0.2) is 0 Å². The van der Waals surface area contributed by atoms with Crippen molar-refractivity contribution in [2.75, 3.05) is 6.54 Å². The minimum atomic E-state index is -0.427. The van der Waals surface area contributed by atoms with Gasteiger partial charge in [0.2, 0.25) is 5.91 Å². The summed E-state index contributed by atoms with van der Waals surface area (Å²) in [6.07, 6.45) is 2.70. The number of rotatable bonds is 7. The monoisotopic (exact) mass is 358 g/mol. The first-order valence-electron chi connectivity index (χ1n) is 8.08. The molecule has 3 rings (SSSR count). The molecule has 1 atom stereocenters. The number of halogens is 1. The summed E-state index contributed by atoms with van der Waals surface area (Å²) in [5, 5.41) is 5.98. The van der Waals surface area contributed by atoms with Crippen LogP contribution < -0.4 is 5.32 Å². The number of furan rings is 1. The highest BCUT2D eigenvalue weighted by Crippen LogP contribution is 2.22. The van der Waals surface area contributed by atoms with E-state index in [1.165, 1.54) is 12.1 Å². The summed E-state index contributed by atoms with van der Waals surface area (Å²) in [6, 6.07) is 9.66. The fourth-order valence-corrected chi connectivity index (χ4v) is 3.29. The Hall–Kier alpha value is -2.47. The van der Waals surface area contributed by atoms with Crippen LogP contribution in [0.25, 0.3) is 0 Å². The maximum Gasteiger partial charge on any atom is 0.228 e. The van der Waals surface area contributed by atoms with Crippen molar-refractivity contribution in [2.45, 2.75) is 25.7 Å². The third-order valence-electron chi connectivity index (χ3n) is 3.92. The van der Waals surface area contributed by atoms with Crippen LogP contribution in [0.5, 0.6) is 0 Å². The Morgan fingerprint density at radius 2 is 2.12 bits per heavy atom. The lowest BCUT2D eigenvalue weighted by molar-refractivity contribution is -0.122. The third-order valence-corrected chi connectivity index (χ3v) is 4.74. The third kappa shape index (κ3) is 4.76. The van der Waals surface area contributed by atoms with Gasteiger partial charge in [-0.1, -0.05) is 12.1 Å². The van der Waals surface area contributed by atoms with E-state index in [1.807, 2.05) is 18.4 Å². The molecule has 0 aliphatic rings. The van der Waals surface area contributed by atoms with E-state index in [9.17, 15) is 9.18 Å². The second-order valence-electron chi connectivity index (χ2n) is 5.79. The summed E-state index contributed by atoms with van der Waals surface area (Å²) < 4.78 is 18.6. The van der Waals surface area contributed by atoms with Crippen LogP contribution in [0.1, 0.15) is 27.9 Å². The van der Waals surface area contributed by atoms with Gasteiger partial charge in [0.25, 0.3) is 0 Å². The molecule has 0 saturated heterocycles. The zero-order valence-electron chi connectivity index (χ0n) is 13.9. The summed E-state index contributed by atoms with van der Waals surface area (Å²) in [5.41, 5.74) is 1.74. The van der Waals surface area contributed by atoms with Crippen LogP contribution in [0.4, 0.5) is 4.39 Å². The molecule has 2 aromatic heterocycles. The first-order valence-corrected chi connectivity index (χ1v) is 8.96. The van der Waals surface area contributed by atoms with Gasteiger partial charge in [0.1, 0.15) is 11.6 Å². The van der Waals surface area contributed by atoms with E-state index < -0.39 is 5.92 Å². The van der Waals surface area contributed by atoms with E-state index in [-0.39, 0.29) is 11.7 Å². The van der Waals surface area contributed by atoms with Crippen molar-refractivity contribution >= 4 is 17.2 Å². The lowest BCUT2D eigenvalue weighted by atomic mass is 9.93. The van der Waals surface area contributed by atoms with E-state index >= 15 is 0 Å². The highest BCUT2D eigenvalue weighted by molar-refractivity contribution is 7.09. The molecule has 1 N–H and O–H groups in total. The van der Waals surface area contributed by atoms with Gasteiger partial charge in [-0.15, -0.1) is 11.3 Å². The summed E-state index contributed by atoms with van der Waals surface area (Å²) in [4.78, 5) is 17.1. The minimum Gasteiger partial charge on any atom is -0.469 e. The van der Waals surface area contributed by atoms with Crippen molar-refractivity contribution < 1.29 is 13.6 Å². The smallest absolute Gasteiger partial charge is 0.228 e. The van der Waals surface area contributed by atoms with Crippen molar-refractivity contribution in [1.82, 2.24) is 10.3 Å². The van der Waals surface area contributed by atoms with Gasteiger partial charge in [-0.05, 0) is 36.8 Å². The summed E-state index contributed by atoms with van der Waals surface area (Å²) in [6.45, 7) is 2.47. The van der Waals surface area contributed by atoms with Crippen molar-refractivity contribution in [1.29, 1.82) is 0 Å². The minimum absolute atomic E-state index is 0.102. The molecule has 0 saturated carbocycles. The topological polar surface area (TPSA) is 55.1 Å². The number of nitrogens with one attached hydrogen (secondary N) is 1. The Morgan fingerprint density at radius 1 is 1.32 bits per heavy atom. The van der Waals surface area contributed by atoms with Gasteiger partial charge in [-0.3, -0.25) is 4.79 Å². The van der Waals surface area contributed by atoms with Gasteiger partial charge >= 0.3 is 0 Å². The average Bonchev–Trinajstić information content (AvgIpc) is 3.25. The lowest BCUT2D eigenvalue weighted by Crippen LogP contribution is -2.32. The van der Waals surface area contributed by atoms with Crippen molar-refractivity contribution in [3.8, 4) is 0 Å². The first kappa shape index (κ1) is 17.4. The lowest BCUT2D eigenvalue weighted by Gasteiger charge is -2.16. The molecule has 1 aromatic carbocycles. The van der Waals surface area contributed by atoms with Crippen LogP contribution in [-0.4, -0.2) is 17.4 Å². The predicted molar refractivity (Wildman–Crippen MR) is 95.1 cm³/mol. The van der Waals surface area contributed by atoms with E-state index in [1.54, 1.807) is 35.8 Å². The van der Waals surface area contributed by atoms with Crippen LogP contribution in [0.15, 0.2) is 52.5 Å². The normalized spacial score (nSPS) is 12.1. The highest BCUT2D eigenvalue weighted by atomic mass is 32.1. The Labute approximate surface area is 149 Å². The number of hydrogen-bond donors (Lipinski definition) is 1. The Bertz CT molecular complexity index is 812. The number of benzene rings is 1. The SMILES string of the molecule is Cc1nc(CCNC(=O)C(Cc2ccco2)c2ccc(F)cc2)cs1. The largest absolute Gasteiger partial charge is 0.469 e. The molecule has 0 fully saturated rings. The van der Waals surface area contributed by atoms with Crippen LogP contribution >= 0.6 is 11.3 Å². The Morgan fingerprint density at radius 3 is 2.76 bits per heavy atom. The van der Waals surface area contributed by atoms with Crippen molar-refractivity contribution in [2.24, 2.45) is 0 Å². The summed E-state index contributed by atoms with van der Waals surface area (Å²) in [7, 11) is 0. The molecule has 4 nitrogen and oxygen atoms in total. The average molecular weight is 358 g/mol. The fraction of sp³-hybridized carbons (Fsp3) is 0.263. The molecule has 2 heterocycles. The molecular weight excluding hydrogens is 339 g/mol. The molecule has 0 aliphatic heterocycles. The quantitative estimate of drug-likeness (QED) is 0.698. The molecule has 1 unspecified atom stereocenters. The van der Waals surface area contributed by atoms with Crippen LogP contribution in [0.3, 0.4) is 0 Å². The standard InChI is InChI=1S/C19H19FN2O2S/c1-13-22-16(12-25-13)8-9-21-19(23)18(11-17-3-2-10-24-17)14-4-6-15(20)7-5-14/h2-7,10,12,18H,8-9,11H2,1H3,(H,21,23). The molecule has 0 radical (unpaired) electrons.